The molecule has 0 heterocycles. The van der Waals surface area contributed by atoms with Crippen LogP contribution in [0.4, 0.5) is 0 Å². The summed E-state index contributed by atoms with van der Waals surface area (Å²) in [5, 5.41) is 10.4. The summed E-state index contributed by atoms with van der Waals surface area (Å²) >= 11 is 0. The third kappa shape index (κ3) is 4.42. The topological polar surface area (TPSA) is 37.3 Å². The van der Waals surface area contributed by atoms with Crippen molar-refractivity contribution in [3.05, 3.63) is 23.8 Å². The number of hydrogen-bond acceptors (Lipinski definition) is 1. The summed E-state index contributed by atoms with van der Waals surface area (Å²) in [5.41, 5.74) is 0.640. The maximum atomic E-state index is 12.7. The van der Waals surface area contributed by atoms with Crippen molar-refractivity contribution in [3.63, 3.8) is 0 Å². The highest BCUT2D eigenvalue weighted by atomic mass is 16.4. The smallest absolute Gasteiger partial charge is 0.314 e. The molecule has 0 amide bonds. The van der Waals surface area contributed by atoms with E-state index in [4.69, 9.17) is 0 Å². The van der Waals surface area contributed by atoms with E-state index < -0.39 is 11.4 Å². The molecule has 31 heavy (non-hydrogen) atoms. The molecule has 2 bridgehead atoms. The second-order valence-corrected chi connectivity index (χ2v) is 11.7. The number of hydrogen-bond donors (Lipinski definition) is 1. The van der Waals surface area contributed by atoms with Gasteiger partial charge in [-0.1, -0.05) is 103 Å². The first-order chi connectivity index (χ1) is 15.0. The minimum Gasteiger partial charge on any atom is -0.481 e. The van der Waals surface area contributed by atoms with E-state index in [1.807, 2.05) is 0 Å². The van der Waals surface area contributed by atoms with Crippen molar-refractivity contribution in [3.8, 4) is 0 Å². The SMILES string of the molecule is CCCCCC12C=CC(=CC1)C1(C(=O)O)CCC(CCCC(C)C3CCCCC3)CC21. The van der Waals surface area contributed by atoms with E-state index >= 15 is 0 Å². The molecule has 5 atom stereocenters. The average molecular weight is 427 g/mol. The van der Waals surface area contributed by atoms with Crippen molar-refractivity contribution in [2.24, 2.45) is 34.5 Å². The molecule has 0 aromatic heterocycles. The van der Waals surface area contributed by atoms with Crippen LogP contribution in [0.25, 0.3) is 0 Å². The van der Waals surface area contributed by atoms with Gasteiger partial charge in [0.25, 0.3) is 0 Å². The Labute approximate surface area is 191 Å². The van der Waals surface area contributed by atoms with E-state index in [9.17, 15) is 9.90 Å². The molecule has 0 spiro atoms. The van der Waals surface area contributed by atoms with Crippen molar-refractivity contribution in [1.29, 1.82) is 0 Å². The zero-order chi connectivity index (χ0) is 21.9. The summed E-state index contributed by atoms with van der Waals surface area (Å²) in [4.78, 5) is 12.7. The van der Waals surface area contributed by atoms with Gasteiger partial charge in [-0.15, -0.1) is 0 Å². The molecule has 0 aliphatic heterocycles. The van der Waals surface area contributed by atoms with E-state index in [1.165, 1.54) is 77.0 Å². The van der Waals surface area contributed by atoms with Gasteiger partial charge in [0.05, 0.1) is 5.41 Å². The van der Waals surface area contributed by atoms with Gasteiger partial charge in [0.1, 0.15) is 0 Å². The first-order valence-electron chi connectivity index (χ1n) is 13.6. The van der Waals surface area contributed by atoms with Gasteiger partial charge < -0.3 is 5.11 Å². The molecule has 0 aromatic carbocycles. The van der Waals surface area contributed by atoms with Crippen LogP contribution in [0.2, 0.25) is 0 Å². The number of carbonyl (C=O) groups is 1. The van der Waals surface area contributed by atoms with Crippen molar-refractivity contribution in [1.82, 2.24) is 0 Å². The molecule has 2 nitrogen and oxygen atoms in total. The lowest BCUT2D eigenvalue weighted by molar-refractivity contribution is -0.158. The quantitative estimate of drug-likeness (QED) is 0.356. The predicted molar refractivity (Wildman–Crippen MR) is 129 cm³/mol. The first kappa shape index (κ1) is 23.1. The monoisotopic (exact) mass is 426 g/mol. The molecule has 5 unspecified atom stereocenters. The standard InChI is InChI=1S/C29H46O2/c1-3-4-8-17-28-18-15-25(16-19-28)29(27(30)31)20-14-23(21-26(28)29)11-9-10-22(2)24-12-6-5-7-13-24/h15-16,18,22-24,26H,3-14,17,19-21H2,1-2H3,(H,30,31). The van der Waals surface area contributed by atoms with Crippen LogP contribution in [-0.4, -0.2) is 11.1 Å². The van der Waals surface area contributed by atoms with Gasteiger partial charge in [-0.25, -0.2) is 0 Å². The fourth-order valence-corrected chi connectivity index (χ4v) is 7.98. The third-order valence-corrected chi connectivity index (χ3v) is 9.97. The number of fused-ring (bicyclic) bond motifs is 1. The molecular weight excluding hydrogens is 380 g/mol. The molecule has 5 aliphatic carbocycles. The highest BCUT2D eigenvalue weighted by Crippen LogP contribution is 2.65. The number of allylic oxidation sites excluding steroid dienone is 3. The molecule has 0 aromatic rings. The maximum Gasteiger partial charge on any atom is 0.314 e. The highest BCUT2D eigenvalue weighted by molar-refractivity contribution is 5.82. The Morgan fingerprint density at radius 1 is 1.16 bits per heavy atom. The average Bonchev–Trinajstić information content (AvgIpc) is 2.80. The van der Waals surface area contributed by atoms with Crippen molar-refractivity contribution >= 4 is 5.97 Å². The molecule has 2 saturated carbocycles. The lowest BCUT2D eigenvalue weighted by atomic mass is 9.44. The molecule has 0 radical (unpaired) electrons. The second kappa shape index (κ2) is 9.84. The number of carboxylic acid groups (broad SMARTS) is 1. The summed E-state index contributed by atoms with van der Waals surface area (Å²) in [5.74, 6) is 2.34. The van der Waals surface area contributed by atoms with Gasteiger partial charge in [0.2, 0.25) is 0 Å². The Morgan fingerprint density at radius 2 is 1.97 bits per heavy atom. The van der Waals surface area contributed by atoms with Gasteiger partial charge in [0, 0.05) is 0 Å². The summed E-state index contributed by atoms with van der Waals surface area (Å²) in [6.07, 6.45) is 27.3. The normalized spacial score (nSPS) is 36.1. The van der Waals surface area contributed by atoms with E-state index in [2.05, 4.69) is 32.1 Å². The fraction of sp³-hybridized carbons (Fsp3) is 0.828. The Bertz CT molecular complexity index is 685. The summed E-state index contributed by atoms with van der Waals surface area (Å²) in [6, 6.07) is 0. The Balaban J connectivity index is 1.40. The van der Waals surface area contributed by atoms with Gasteiger partial charge in [-0.3, -0.25) is 4.79 Å². The van der Waals surface area contributed by atoms with E-state index in [-0.39, 0.29) is 5.41 Å². The number of unbranched alkanes of at least 4 members (excludes halogenated alkanes) is 2. The molecule has 0 saturated heterocycles. The van der Waals surface area contributed by atoms with E-state index in [0.29, 0.717) is 5.92 Å². The van der Waals surface area contributed by atoms with Gasteiger partial charge >= 0.3 is 5.97 Å². The minimum absolute atomic E-state index is 0.101. The second-order valence-electron chi connectivity index (χ2n) is 11.7. The molecule has 1 N–H and O–H groups in total. The van der Waals surface area contributed by atoms with Crippen LogP contribution in [0.3, 0.4) is 0 Å². The van der Waals surface area contributed by atoms with Gasteiger partial charge in [0.15, 0.2) is 0 Å². The van der Waals surface area contributed by atoms with Crippen LogP contribution in [0, 0.1) is 34.5 Å². The van der Waals surface area contributed by atoms with Crippen molar-refractivity contribution < 1.29 is 9.90 Å². The highest BCUT2D eigenvalue weighted by Gasteiger charge is 2.61. The lowest BCUT2D eigenvalue weighted by Crippen LogP contribution is -2.55. The summed E-state index contributed by atoms with van der Waals surface area (Å²) in [6.45, 7) is 4.76. The number of rotatable bonds is 10. The molecule has 2 heteroatoms. The largest absolute Gasteiger partial charge is 0.481 e. The predicted octanol–water partition coefficient (Wildman–Crippen LogP) is 8.33. The van der Waals surface area contributed by atoms with Crippen LogP contribution < -0.4 is 0 Å². The van der Waals surface area contributed by atoms with Crippen LogP contribution in [0.1, 0.15) is 117 Å². The van der Waals surface area contributed by atoms with E-state index in [1.54, 1.807) is 0 Å². The molecule has 2 fully saturated rings. The summed E-state index contributed by atoms with van der Waals surface area (Å²) in [7, 11) is 0. The van der Waals surface area contributed by atoms with Gasteiger partial charge in [-0.05, 0) is 66.8 Å². The van der Waals surface area contributed by atoms with Crippen LogP contribution in [0.15, 0.2) is 23.8 Å². The van der Waals surface area contributed by atoms with Crippen molar-refractivity contribution in [2.45, 2.75) is 117 Å². The van der Waals surface area contributed by atoms with Crippen molar-refractivity contribution in [2.75, 3.05) is 0 Å². The Kier molecular flexibility index (Phi) is 7.34. The number of carboxylic acids is 1. The Morgan fingerprint density at radius 3 is 2.65 bits per heavy atom. The molecule has 5 aliphatic rings. The minimum atomic E-state index is -0.592. The lowest BCUT2D eigenvalue weighted by Gasteiger charge is -2.58. The molecular formula is C29H46O2. The fourth-order valence-electron chi connectivity index (χ4n) is 7.98. The van der Waals surface area contributed by atoms with Gasteiger partial charge in [-0.2, -0.15) is 0 Å². The summed E-state index contributed by atoms with van der Waals surface area (Å²) < 4.78 is 0. The Hall–Kier alpha value is -1.05. The van der Waals surface area contributed by atoms with Crippen LogP contribution in [0.5, 0.6) is 0 Å². The molecule has 5 rings (SSSR count). The number of aliphatic carboxylic acids is 1. The van der Waals surface area contributed by atoms with Crippen LogP contribution in [-0.2, 0) is 4.79 Å². The third-order valence-electron chi connectivity index (χ3n) is 9.97. The first-order valence-corrected chi connectivity index (χ1v) is 13.6. The maximum absolute atomic E-state index is 12.7. The van der Waals surface area contributed by atoms with E-state index in [0.717, 1.165) is 49.0 Å². The molecule has 174 valence electrons. The zero-order valence-corrected chi connectivity index (χ0v) is 20.2. The van der Waals surface area contributed by atoms with Crippen LogP contribution >= 0.6 is 0 Å². The zero-order valence-electron chi connectivity index (χ0n) is 20.2.